The molecule has 0 fully saturated rings. The molecule has 0 aliphatic carbocycles. The number of aliphatic carboxylic acids is 1. The molecule has 0 aliphatic rings. The molecule has 0 bridgehead atoms. The third kappa shape index (κ3) is 3.68. The summed E-state index contributed by atoms with van der Waals surface area (Å²) in [5.41, 5.74) is 3.31. The van der Waals surface area contributed by atoms with Crippen LogP contribution in [-0.2, 0) is 11.8 Å². The van der Waals surface area contributed by atoms with Crippen molar-refractivity contribution in [3.8, 4) is 11.3 Å². The van der Waals surface area contributed by atoms with Gasteiger partial charge in [-0.1, -0.05) is 37.3 Å². The number of nitrogens with zero attached hydrogens (tertiary/aromatic N) is 2. The quantitative estimate of drug-likeness (QED) is 0.619. The van der Waals surface area contributed by atoms with E-state index < -0.39 is 24.0 Å². The molecule has 3 aromatic rings. The number of hydrogen-bond donors (Lipinski definition) is 3. The number of benzene rings is 1. The molecule has 0 aliphatic heterocycles. The van der Waals surface area contributed by atoms with E-state index in [9.17, 15) is 14.7 Å². The Balaban J connectivity index is 1.98. The van der Waals surface area contributed by atoms with E-state index in [4.69, 9.17) is 5.11 Å². The van der Waals surface area contributed by atoms with Crippen LogP contribution < -0.4 is 5.32 Å². The van der Waals surface area contributed by atoms with Crippen LogP contribution in [0.25, 0.3) is 22.3 Å². The minimum Gasteiger partial charge on any atom is -0.479 e. The monoisotopic (exact) mass is 367 g/mol. The molecule has 2 atom stereocenters. The van der Waals surface area contributed by atoms with Crippen LogP contribution in [0, 0.1) is 0 Å². The average Bonchev–Trinajstić information content (AvgIpc) is 3.02. The number of aryl methyl sites for hydroxylation is 1. The molecule has 0 radical (unpaired) electrons. The van der Waals surface area contributed by atoms with Gasteiger partial charge in [0.15, 0.2) is 6.10 Å². The van der Waals surface area contributed by atoms with Gasteiger partial charge in [-0.2, -0.15) is 0 Å². The fourth-order valence-corrected chi connectivity index (χ4v) is 3.02. The molecule has 2 unspecified atom stereocenters. The number of carbonyl (C=O) groups is 2. The Kier molecular flexibility index (Phi) is 5.23. The molecule has 2 heterocycles. The standard InChI is InChI=1S/C20H21N3O4/c1-3-14(18(24)20(26)27)22-19(25)13-11-23(2)16-10-9-15(21-17(13)16)12-7-5-4-6-8-12/h4-11,14,18,24H,3H2,1-2H3,(H,22,25)(H,26,27). The Bertz CT molecular complexity index is 982. The summed E-state index contributed by atoms with van der Waals surface area (Å²) in [5, 5.41) is 21.4. The van der Waals surface area contributed by atoms with Crippen molar-refractivity contribution in [3.05, 3.63) is 54.2 Å². The summed E-state index contributed by atoms with van der Waals surface area (Å²) in [5.74, 6) is -1.84. The number of carboxylic acids is 1. The summed E-state index contributed by atoms with van der Waals surface area (Å²) in [6.07, 6.45) is 0.274. The van der Waals surface area contributed by atoms with Crippen molar-refractivity contribution in [2.75, 3.05) is 0 Å². The summed E-state index contributed by atoms with van der Waals surface area (Å²) in [6, 6.07) is 12.5. The maximum absolute atomic E-state index is 12.7. The van der Waals surface area contributed by atoms with Crippen molar-refractivity contribution in [2.24, 2.45) is 7.05 Å². The SMILES string of the molecule is CCC(NC(=O)c1cn(C)c2ccc(-c3ccccc3)nc12)C(O)C(=O)O. The molecule has 7 nitrogen and oxygen atoms in total. The van der Waals surface area contributed by atoms with Gasteiger partial charge in [0.1, 0.15) is 5.52 Å². The van der Waals surface area contributed by atoms with E-state index in [-0.39, 0.29) is 6.42 Å². The Morgan fingerprint density at radius 2 is 1.89 bits per heavy atom. The predicted octanol–water partition coefficient (Wildman–Crippen LogP) is 2.19. The number of nitrogens with one attached hydrogen (secondary N) is 1. The van der Waals surface area contributed by atoms with Crippen LogP contribution in [0.5, 0.6) is 0 Å². The largest absolute Gasteiger partial charge is 0.479 e. The molecule has 2 aromatic heterocycles. The molecule has 0 saturated carbocycles. The minimum absolute atomic E-state index is 0.284. The molecule has 27 heavy (non-hydrogen) atoms. The van der Waals surface area contributed by atoms with Gasteiger partial charge in [0, 0.05) is 18.8 Å². The van der Waals surface area contributed by atoms with Gasteiger partial charge in [0.25, 0.3) is 5.91 Å². The van der Waals surface area contributed by atoms with E-state index in [1.54, 1.807) is 17.7 Å². The lowest BCUT2D eigenvalue weighted by molar-refractivity contribution is -0.148. The first-order chi connectivity index (χ1) is 12.9. The smallest absolute Gasteiger partial charge is 0.334 e. The van der Waals surface area contributed by atoms with E-state index >= 15 is 0 Å². The van der Waals surface area contributed by atoms with Gasteiger partial charge in [0.2, 0.25) is 0 Å². The number of amides is 1. The van der Waals surface area contributed by atoms with Crippen LogP contribution in [0.15, 0.2) is 48.7 Å². The van der Waals surface area contributed by atoms with Crippen LogP contribution in [0.3, 0.4) is 0 Å². The third-order valence-corrected chi connectivity index (χ3v) is 4.54. The molecule has 0 spiro atoms. The molecule has 1 aromatic carbocycles. The number of carboxylic acid groups (broad SMARTS) is 1. The molecule has 3 N–H and O–H groups in total. The second-order valence-electron chi connectivity index (χ2n) is 6.36. The number of aliphatic hydroxyl groups excluding tert-OH is 1. The van der Waals surface area contributed by atoms with Crippen LogP contribution in [0.1, 0.15) is 23.7 Å². The highest BCUT2D eigenvalue weighted by Crippen LogP contribution is 2.24. The van der Waals surface area contributed by atoms with Crippen molar-refractivity contribution in [3.63, 3.8) is 0 Å². The van der Waals surface area contributed by atoms with Gasteiger partial charge in [-0.3, -0.25) is 4.79 Å². The van der Waals surface area contributed by atoms with Crippen molar-refractivity contribution in [1.29, 1.82) is 0 Å². The summed E-state index contributed by atoms with van der Waals surface area (Å²) in [4.78, 5) is 28.4. The molecule has 3 rings (SSSR count). The maximum Gasteiger partial charge on any atom is 0.334 e. The number of aromatic nitrogens is 2. The minimum atomic E-state index is -1.67. The van der Waals surface area contributed by atoms with Gasteiger partial charge < -0.3 is 20.1 Å². The Labute approximate surface area is 156 Å². The van der Waals surface area contributed by atoms with Gasteiger partial charge in [-0.25, -0.2) is 9.78 Å². The Hall–Kier alpha value is -3.19. The number of pyridine rings is 1. The summed E-state index contributed by atoms with van der Waals surface area (Å²) < 4.78 is 1.79. The predicted molar refractivity (Wildman–Crippen MR) is 101 cm³/mol. The van der Waals surface area contributed by atoms with Crippen LogP contribution >= 0.6 is 0 Å². The molecular weight excluding hydrogens is 346 g/mol. The second kappa shape index (κ2) is 7.59. The molecular formula is C20H21N3O4. The number of aliphatic hydroxyl groups is 1. The van der Waals surface area contributed by atoms with E-state index in [0.717, 1.165) is 16.8 Å². The zero-order chi connectivity index (χ0) is 19.6. The molecule has 7 heteroatoms. The topological polar surface area (TPSA) is 104 Å². The van der Waals surface area contributed by atoms with E-state index in [2.05, 4.69) is 10.3 Å². The van der Waals surface area contributed by atoms with Crippen LogP contribution in [-0.4, -0.2) is 43.8 Å². The highest BCUT2D eigenvalue weighted by atomic mass is 16.4. The van der Waals surface area contributed by atoms with Crippen molar-refractivity contribution < 1.29 is 19.8 Å². The number of carbonyl (C=O) groups excluding carboxylic acids is 1. The van der Waals surface area contributed by atoms with Crippen LogP contribution in [0.2, 0.25) is 0 Å². The Morgan fingerprint density at radius 1 is 1.19 bits per heavy atom. The zero-order valence-electron chi connectivity index (χ0n) is 15.1. The first-order valence-electron chi connectivity index (χ1n) is 8.65. The lowest BCUT2D eigenvalue weighted by atomic mass is 10.1. The Morgan fingerprint density at radius 3 is 2.52 bits per heavy atom. The van der Waals surface area contributed by atoms with Crippen molar-refractivity contribution in [2.45, 2.75) is 25.5 Å². The highest BCUT2D eigenvalue weighted by Gasteiger charge is 2.27. The maximum atomic E-state index is 12.7. The van der Waals surface area contributed by atoms with Gasteiger partial charge in [-0.05, 0) is 18.6 Å². The third-order valence-electron chi connectivity index (χ3n) is 4.54. The summed E-state index contributed by atoms with van der Waals surface area (Å²) in [7, 11) is 1.81. The average molecular weight is 367 g/mol. The van der Waals surface area contributed by atoms with E-state index in [0.29, 0.717) is 11.1 Å². The first-order valence-corrected chi connectivity index (χ1v) is 8.65. The van der Waals surface area contributed by atoms with E-state index in [1.807, 2.05) is 49.5 Å². The normalized spacial score (nSPS) is 13.3. The highest BCUT2D eigenvalue weighted by molar-refractivity contribution is 6.06. The van der Waals surface area contributed by atoms with E-state index in [1.165, 1.54) is 0 Å². The van der Waals surface area contributed by atoms with Crippen molar-refractivity contribution in [1.82, 2.24) is 14.9 Å². The zero-order valence-corrected chi connectivity index (χ0v) is 15.1. The second-order valence-corrected chi connectivity index (χ2v) is 6.36. The number of hydrogen-bond acceptors (Lipinski definition) is 4. The van der Waals surface area contributed by atoms with Crippen LogP contribution in [0.4, 0.5) is 0 Å². The molecule has 140 valence electrons. The lowest BCUT2D eigenvalue weighted by Crippen LogP contribution is -2.46. The fraction of sp³-hybridized carbons (Fsp3) is 0.250. The fourth-order valence-electron chi connectivity index (χ4n) is 3.02. The molecule has 1 amide bonds. The van der Waals surface area contributed by atoms with Gasteiger partial charge >= 0.3 is 5.97 Å². The number of rotatable bonds is 6. The van der Waals surface area contributed by atoms with Gasteiger partial charge in [0.05, 0.1) is 22.8 Å². The first kappa shape index (κ1) is 18.6. The van der Waals surface area contributed by atoms with Crippen molar-refractivity contribution >= 4 is 22.9 Å². The lowest BCUT2D eigenvalue weighted by Gasteiger charge is -2.19. The summed E-state index contributed by atoms with van der Waals surface area (Å²) >= 11 is 0. The number of fused-ring (bicyclic) bond motifs is 1. The molecule has 0 saturated heterocycles. The summed E-state index contributed by atoms with van der Waals surface area (Å²) in [6.45, 7) is 1.70. The van der Waals surface area contributed by atoms with Gasteiger partial charge in [-0.15, -0.1) is 0 Å².